The minimum Gasteiger partial charge on any atom is -0.291 e. The predicted molar refractivity (Wildman–Crippen MR) is 98.0 cm³/mol. The Morgan fingerprint density at radius 1 is 1.08 bits per heavy atom. The molecule has 120 valence electrons. The van der Waals surface area contributed by atoms with Gasteiger partial charge in [-0.1, -0.05) is 59.6 Å². The third-order valence-electron chi connectivity index (χ3n) is 3.15. The summed E-state index contributed by atoms with van der Waals surface area (Å²) in [5.74, 6) is 0.239. The fraction of sp³-hybridized carbons (Fsp3) is 0. The van der Waals surface area contributed by atoms with Crippen molar-refractivity contribution in [3.63, 3.8) is 0 Å². The van der Waals surface area contributed by atoms with E-state index in [0.717, 1.165) is 5.56 Å². The fourth-order valence-electron chi connectivity index (χ4n) is 2.04. The molecule has 0 saturated carbocycles. The SMILES string of the molecule is O=c1cc(-c2ccccc2)nc(N/N=C\c2ccc(Cl)cc2Cl)[nH]1. The maximum atomic E-state index is 11.8. The highest BCUT2D eigenvalue weighted by Gasteiger charge is 2.03. The van der Waals surface area contributed by atoms with E-state index >= 15 is 0 Å². The molecule has 0 amide bonds. The molecule has 2 aromatic carbocycles. The third kappa shape index (κ3) is 4.01. The van der Waals surface area contributed by atoms with E-state index in [2.05, 4.69) is 20.5 Å². The second kappa shape index (κ2) is 7.29. The zero-order valence-electron chi connectivity index (χ0n) is 12.3. The van der Waals surface area contributed by atoms with Crippen LogP contribution in [0.25, 0.3) is 11.3 Å². The monoisotopic (exact) mass is 358 g/mol. The van der Waals surface area contributed by atoms with E-state index in [1.165, 1.54) is 12.3 Å². The number of aromatic nitrogens is 2. The van der Waals surface area contributed by atoms with Gasteiger partial charge in [0.15, 0.2) is 0 Å². The van der Waals surface area contributed by atoms with E-state index in [1.54, 1.807) is 18.2 Å². The number of hydrazone groups is 1. The fourth-order valence-corrected chi connectivity index (χ4v) is 2.49. The highest BCUT2D eigenvalue weighted by Crippen LogP contribution is 2.19. The molecule has 0 atom stereocenters. The maximum absolute atomic E-state index is 11.8. The zero-order valence-corrected chi connectivity index (χ0v) is 13.8. The molecule has 0 aliphatic rings. The Hall–Kier alpha value is -2.63. The quantitative estimate of drug-likeness (QED) is 0.542. The van der Waals surface area contributed by atoms with Crippen molar-refractivity contribution in [2.24, 2.45) is 5.10 Å². The molecule has 24 heavy (non-hydrogen) atoms. The molecule has 3 aromatic rings. The van der Waals surface area contributed by atoms with Crippen molar-refractivity contribution in [1.82, 2.24) is 9.97 Å². The van der Waals surface area contributed by atoms with Crippen LogP contribution in [0.4, 0.5) is 5.95 Å². The molecule has 0 bridgehead atoms. The average Bonchev–Trinajstić information content (AvgIpc) is 2.57. The zero-order chi connectivity index (χ0) is 16.9. The average molecular weight is 359 g/mol. The van der Waals surface area contributed by atoms with Crippen molar-refractivity contribution in [2.45, 2.75) is 0 Å². The Morgan fingerprint density at radius 2 is 1.88 bits per heavy atom. The molecule has 2 N–H and O–H groups in total. The predicted octanol–water partition coefficient (Wildman–Crippen LogP) is 4.19. The van der Waals surface area contributed by atoms with Crippen LogP contribution in [0.3, 0.4) is 0 Å². The Kier molecular flexibility index (Phi) is 4.93. The summed E-state index contributed by atoms with van der Waals surface area (Å²) in [4.78, 5) is 18.7. The van der Waals surface area contributed by atoms with Crippen molar-refractivity contribution in [1.29, 1.82) is 0 Å². The molecule has 0 spiro atoms. The van der Waals surface area contributed by atoms with Crippen LogP contribution in [0.15, 0.2) is 64.5 Å². The molecule has 1 heterocycles. The second-order valence-corrected chi connectivity index (χ2v) is 5.72. The van der Waals surface area contributed by atoms with Crippen molar-refractivity contribution in [3.8, 4) is 11.3 Å². The molecule has 3 rings (SSSR count). The van der Waals surface area contributed by atoms with Crippen LogP contribution in [-0.2, 0) is 0 Å². The number of anilines is 1. The van der Waals surface area contributed by atoms with E-state index in [4.69, 9.17) is 23.2 Å². The highest BCUT2D eigenvalue weighted by molar-refractivity contribution is 6.36. The number of nitrogens with one attached hydrogen (secondary N) is 2. The smallest absolute Gasteiger partial charge is 0.252 e. The molecule has 0 unspecified atom stereocenters. The number of nitrogens with zero attached hydrogens (tertiary/aromatic N) is 2. The standard InChI is InChI=1S/C17H12Cl2N4O/c18-13-7-6-12(14(19)8-13)10-20-23-17-21-15(9-16(24)22-17)11-4-2-1-3-5-11/h1-10H,(H2,21,22,23,24)/b20-10-. The first-order valence-electron chi connectivity index (χ1n) is 7.03. The van der Waals surface area contributed by atoms with Crippen LogP contribution in [0, 0.1) is 0 Å². The van der Waals surface area contributed by atoms with Gasteiger partial charge >= 0.3 is 0 Å². The van der Waals surface area contributed by atoms with E-state index in [0.29, 0.717) is 21.3 Å². The van der Waals surface area contributed by atoms with E-state index in [9.17, 15) is 4.79 Å². The molecule has 0 aliphatic carbocycles. The normalized spacial score (nSPS) is 10.9. The van der Waals surface area contributed by atoms with Crippen LogP contribution in [0.2, 0.25) is 10.0 Å². The Balaban J connectivity index is 1.82. The number of benzene rings is 2. The lowest BCUT2D eigenvalue weighted by atomic mass is 10.1. The summed E-state index contributed by atoms with van der Waals surface area (Å²) >= 11 is 11.9. The van der Waals surface area contributed by atoms with E-state index in [1.807, 2.05) is 30.3 Å². The van der Waals surface area contributed by atoms with Gasteiger partial charge in [0.25, 0.3) is 5.56 Å². The largest absolute Gasteiger partial charge is 0.291 e. The summed E-state index contributed by atoms with van der Waals surface area (Å²) in [6.45, 7) is 0. The molecular formula is C17H12Cl2N4O. The molecule has 1 aromatic heterocycles. The molecule has 0 saturated heterocycles. The first kappa shape index (κ1) is 16.2. The topological polar surface area (TPSA) is 70.1 Å². The van der Waals surface area contributed by atoms with Crippen LogP contribution in [0.5, 0.6) is 0 Å². The van der Waals surface area contributed by atoms with Gasteiger partial charge in [0.05, 0.1) is 16.9 Å². The van der Waals surface area contributed by atoms with Gasteiger partial charge in [-0.3, -0.25) is 9.78 Å². The van der Waals surface area contributed by atoms with E-state index in [-0.39, 0.29) is 11.5 Å². The van der Waals surface area contributed by atoms with Crippen LogP contribution in [0.1, 0.15) is 5.56 Å². The Labute approximate surface area is 148 Å². The van der Waals surface area contributed by atoms with Crippen LogP contribution < -0.4 is 11.0 Å². The van der Waals surface area contributed by atoms with E-state index < -0.39 is 0 Å². The maximum Gasteiger partial charge on any atom is 0.252 e. The lowest BCUT2D eigenvalue weighted by molar-refractivity contribution is 1.09. The van der Waals surface area contributed by atoms with Crippen LogP contribution in [-0.4, -0.2) is 16.2 Å². The first-order valence-corrected chi connectivity index (χ1v) is 7.78. The van der Waals surface area contributed by atoms with Crippen molar-refractivity contribution < 1.29 is 0 Å². The molecular weight excluding hydrogens is 347 g/mol. The number of H-pyrrole nitrogens is 1. The minimum absolute atomic E-state index is 0.239. The van der Waals surface area contributed by atoms with Gasteiger partial charge in [-0.05, 0) is 12.1 Å². The lowest BCUT2D eigenvalue weighted by Crippen LogP contribution is -2.10. The number of hydrogen-bond acceptors (Lipinski definition) is 4. The summed E-state index contributed by atoms with van der Waals surface area (Å²) in [5.41, 5.74) is 4.52. The Morgan fingerprint density at radius 3 is 2.62 bits per heavy atom. The van der Waals surface area contributed by atoms with Gasteiger partial charge in [0, 0.05) is 22.2 Å². The van der Waals surface area contributed by atoms with Crippen molar-refractivity contribution >= 4 is 35.4 Å². The summed E-state index contributed by atoms with van der Waals surface area (Å²) in [7, 11) is 0. The van der Waals surface area contributed by atoms with Crippen molar-refractivity contribution in [2.75, 3.05) is 5.43 Å². The van der Waals surface area contributed by atoms with Crippen LogP contribution >= 0.6 is 23.2 Å². The summed E-state index contributed by atoms with van der Waals surface area (Å²) in [5, 5.41) is 5.07. The van der Waals surface area contributed by atoms with Crippen molar-refractivity contribution in [3.05, 3.63) is 80.6 Å². The molecule has 0 fully saturated rings. The number of aromatic amines is 1. The molecule has 0 radical (unpaired) electrons. The molecule has 0 aliphatic heterocycles. The second-order valence-electron chi connectivity index (χ2n) is 4.88. The Bertz CT molecular complexity index is 939. The van der Waals surface area contributed by atoms with Gasteiger partial charge in [0.1, 0.15) is 0 Å². The van der Waals surface area contributed by atoms with Gasteiger partial charge in [-0.2, -0.15) is 5.10 Å². The summed E-state index contributed by atoms with van der Waals surface area (Å²) < 4.78 is 0. The first-order chi connectivity index (χ1) is 11.6. The minimum atomic E-state index is -0.272. The number of hydrogen-bond donors (Lipinski definition) is 2. The van der Waals surface area contributed by atoms with Gasteiger partial charge < -0.3 is 0 Å². The van der Waals surface area contributed by atoms with Gasteiger partial charge in [-0.25, -0.2) is 10.4 Å². The summed E-state index contributed by atoms with van der Waals surface area (Å²) in [6, 6.07) is 15.9. The third-order valence-corrected chi connectivity index (χ3v) is 3.71. The number of rotatable bonds is 4. The lowest BCUT2D eigenvalue weighted by Gasteiger charge is -2.04. The highest BCUT2D eigenvalue weighted by atomic mass is 35.5. The van der Waals surface area contributed by atoms with Gasteiger partial charge in [0.2, 0.25) is 5.95 Å². The van der Waals surface area contributed by atoms with Gasteiger partial charge in [-0.15, -0.1) is 0 Å². The molecule has 5 nitrogen and oxygen atoms in total. The molecule has 7 heteroatoms. The number of halogens is 2. The summed E-state index contributed by atoms with van der Waals surface area (Å²) in [6.07, 6.45) is 1.52.